The lowest BCUT2D eigenvalue weighted by atomic mass is 9.68. The second-order valence-electron chi connectivity index (χ2n) is 8.43. The fourth-order valence-electron chi connectivity index (χ4n) is 4.56. The summed E-state index contributed by atoms with van der Waals surface area (Å²) in [5, 5.41) is 11.7. The van der Waals surface area contributed by atoms with Gasteiger partial charge in [-0.25, -0.2) is 0 Å². The highest BCUT2D eigenvalue weighted by molar-refractivity contribution is 5.35. The fourth-order valence-corrected chi connectivity index (χ4v) is 4.56. The molecule has 1 aromatic rings. The minimum atomic E-state index is -1.03. The molecule has 25 heavy (non-hydrogen) atoms. The number of halogens is 1. The van der Waals surface area contributed by atoms with Gasteiger partial charge in [0.2, 0.25) is 0 Å². The van der Waals surface area contributed by atoms with Crippen molar-refractivity contribution in [3.8, 4) is 11.8 Å². The van der Waals surface area contributed by atoms with E-state index in [0.29, 0.717) is 0 Å². The van der Waals surface area contributed by atoms with Gasteiger partial charge in [0, 0.05) is 5.41 Å². The van der Waals surface area contributed by atoms with Crippen molar-refractivity contribution in [2.75, 3.05) is 26.7 Å². The van der Waals surface area contributed by atoms with Crippen LogP contribution in [0.3, 0.4) is 0 Å². The Hall–Kier alpha value is -1.01. The minimum absolute atomic E-state index is 0. The van der Waals surface area contributed by atoms with Gasteiger partial charge in [-0.05, 0) is 43.6 Å². The molecule has 0 bridgehead atoms. The van der Waals surface area contributed by atoms with Crippen LogP contribution < -0.4 is 12.4 Å². The molecule has 1 atom stereocenters. The van der Waals surface area contributed by atoms with Gasteiger partial charge >= 0.3 is 0 Å². The van der Waals surface area contributed by atoms with E-state index in [1.54, 1.807) is 0 Å². The molecule has 1 aliphatic heterocycles. The van der Waals surface area contributed by atoms with Crippen molar-refractivity contribution in [1.82, 2.24) is 0 Å². The first-order valence-electron chi connectivity index (χ1n) is 9.59. The molecule has 2 nitrogen and oxygen atoms in total. The maximum atomic E-state index is 11.7. The Morgan fingerprint density at radius 1 is 1.04 bits per heavy atom. The Labute approximate surface area is 159 Å². The lowest BCUT2D eigenvalue weighted by Crippen LogP contribution is -3.00. The molecule has 1 saturated carbocycles. The highest BCUT2D eigenvalue weighted by atomic mass is 35.5. The molecule has 3 heteroatoms. The van der Waals surface area contributed by atoms with E-state index in [9.17, 15) is 5.11 Å². The van der Waals surface area contributed by atoms with Crippen molar-refractivity contribution >= 4 is 0 Å². The number of hydrogen-bond acceptors (Lipinski definition) is 1. The third-order valence-corrected chi connectivity index (χ3v) is 6.40. The zero-order chi connectivity index (χ0) is 17.1. The van der Waals surface area contributed by atoms with Gasteiger partial charge in [0.1, 0.15) is 6.54 Å². The molecule has 0 amide bonds. The summed E-state index contributed by atoms with van der Waals surface area (Å²) in [5.74, 6) is 6.77. The van der Waals surface area contributed by atoms with E-state index in [2.05, 4.69) is 25.8 Å². The molecular weight excluding hydrogens is 330 g/mol. The topological polar surface area (TPSA) is 20.2 Å². The first-order valence-corrected chi connectivity index (χ1v) is 9.59. The van der Waals surface area contributed by atoms with Crippen LogP contribution in [0.4, 0.5) is 0 Å². The molecule has 1 unspecified atom stereocenters. The van der Waals surface area contributed by atoms with Crippen molar-refractivity contribution in [2.45, 2.75) is 57.5 Å². The normalized spacial score (nSPS) is 23.6. The predicted molar refractivity (Wildman–Crippen MR) is 99.3 cm³/mol. The number of hydrogen-bond donors (Lipinski definition) is 1. The largest absolute Gasteiger partial charge is 1.00 e. The fraction of sp³-hybridized carbons (Fsp3) is 0.636. The lowest BCUT2D eigenvalue weighted by Gasteiger charge is -2.40. The first-order chi connectivity index (χ1) is 11.5. The van der Waals surface area contributed by atoms with Gasteiger partial charge in [0.05, 0.1) is 20.1 Å². The zero-order valence-corrected chi connectivity index (χ0v) is 16.5. The van der Waals surface area contributed by atoms with Gasteiger partial charge < -0.3 is 22.0 Å². The monoisotopic (exact) mass is 361 g/mol. The Kier molecular flexibility index (Phi) is 6.60. The summed E-state index contributed by atoms with van der Waals surface area (Å²) in [6.07, 6.45) is 8.46. The smallest absolute Gasteiger partial charge is 0.156 e. The molecule has 1 N–H and O–H groups in total. The summed E-state index contributed by atoms with van der Waals surface area (Å²) in [7, 11) is 2.31. The van der Waals surface area contributed by atoms with E-state index in [0.717, 1.165) is 29.4 Å². The molecule has 0 aromatic heterocycles. The van der Waals surface area contributed by atoms with Gasteiger partial charge in [-0.1, -0.05) is 56.0 Å². The van der Waals surface area contributed by atoms with Crippen molar-refractivity contribution in [2.24, 2.45) is 5.41 Å². The van der Waals surface area contributed by atoms with E-state index in [1.165, 1.54) is 45.2 Å². The van der Waals surface area contributed by atoms with Crippen molar-refractivity contribution < 1.29 is 22.0 Å². The van der Waals surface area contributed by atoms with Gasteiger partial charge in [-0.3, -0.25) is 0 Å². The minimum Gasteiger partial charge on any atom is -1.00 e. The molecule has 1 aliphatic carbocycles. The molecule has 2 fully saturated rings. The van der Waals surface area contributed by atoms with Gasteiger partial charge in [0.15, 0.2) is 5.60 Å². The van der Waals surface area contributed by atoms with Crippen LogP contribution in [-0.2, 0) is 5.60 Å². The van der Waals surface area contributed by atoms with Crippen LogP contribution >= 0.6 is 0 Å². The highest BCUT2D eigenvalue weighted by Crippen LogP contribution is 2.50. The Morgan fingerprint density at radius 3 is 2.24 bits per heavy atom. The van der Waals surface area contributed by atoms with Crippen molar-refractivity contribution in [3.05, 3.63) is 35.9 Å². The number of nitrogens with zero attached hydrogens (tertiary/aromatic N) is 1. The maximum Gasteiger partial charge on any atom is 0.156 e. The van der Waals surface area contributed by atoms with Crippen LogP contribution in [0, 0.1) is 17.3 Å². The van der Waals surface area contributed by atoms with E-state index in [-0.39, 0.29) is 17.8 Å². The highest BCUT2D eigenvalue weighted by Gasteiger charge is 2.48. The summed E-state index contributed by atoms with van der Waals surface area (Å²) >= 11 is 0. The summed E-state index contributed by atoms with van der Waals surface area (Å²) in [6, 6.07) is 10.1. The van der Waals surface area contributed by atoms with Gasteiger partial charge in [-0.2, -0.15) is 0 Å². The van der Waals surface area contributed by atoms with Crippen LogP contribution in [0.15, 0.2) is 30.3 Å². The number of benzene rings is 1. The molecule has 2 aliphatic rings. The molecule has 138 valence electrons. The molecular formula is C22H32ClNO. The van der Waals surface area contributed by atoms with E-state index < -0.39 is 5.60 Å². The lowest BCUT2D eigenvalue weighted by molar-refractivity contribution is -0.907. The standard InChI is InChI=1S/C22H32NO.ClH/c1-21(14-7-8-15-21)22(24,20-12-5-3-6-13-20)16-11-19-23(2)17-9-4-10-18-23;/h3,5-6,12-13,24H,4,7-10,14-15,17-19H2,1-2H3;1H/q+1;/p-1. The van der Waals surface area contributed by atoms with Crippen LogP contribution in [-0.4, -0.2) is 36.3 Å². The number of likely N-dealkylation sites (tertiary alicyclic amines) is 1. The average Bonchev–Trinajstić information content (AvgIpc) is 3.04. The Balaban J connectivity index is 0.00000225. The summed E-state index contributed by atoms with van der Waals surface area (Å²) in [5.41, 5.74) is -0.204. The van der Waals surface area contributed by atoms with Crippen molar-refractivity contribution in [3.63, 3.8) is 0 Å². The average molecular weight is 362 g/mol. The molecule has 1 aromatic carbocycles. The number of piperidine rings is 1. The molecule has 0 radical (unpaired) electrons. The summed E-state index contributed by atoms with van der Waals surface area (Å²) in [4.78, 5) is 0. The van der Waals surface area contributed by atoms with Crippen LogP contribution in [0.25, 0.3) is 0 Å². The SMILES string of the molecule is CC1(C(O)(C#CC[N+]2(C)CCCCC2)c2ccccc2)CCCC1.[Cl-]. The van der Waals surface area contributed by atoms with Gasteiger partial charge in [0.25, 0.3) is 0 Å². The Bertz CT molecular complexity index is 606. The second-order valence-corrected chi connectivity index (χ2v) is 8.43. The molecule has 0 spiro atoms. The third kappa shape index (κ3) is 4.22. The molecule has 1 saturated heterocycles. The van der Waals surface area contributed by atoms with Crippen molar-refractivity contribution in [1.29, 1.82) is 0 Å². The van der Waals surface area contributed by atoms with E-state index in [4.69, 9.17) is 0 Å². The summed E-state index contributed by atoms with van der Waals surface area (Å²) < 4.78 is 1.04. The maximum absolute atomic E-state index is 11.7. The number of rotatable bonds is 3. The Morgan fingerprint density at radius 2 is 1.64 bits per heavy atom. The van der Waals surface area contributed by atoms with E-state index >= 15 is 0 Å². The third-order valence-electron chi connectivity index (χ3n) is 6.40. The predicted octanol–water partition coefficient (Wildman–Crippen LogP) is 1.09. The summed E-state index contributed by atoms with van der Waals surface area (Å²) in [6.45, 7) is 5.51. The van der Waals surface area contributed by atoms with Crippen LogP contribution in [0.2, 0.25) is 0 Å². The zero-order valence-electron chi connectivity index (χ0n) is 15.7. The number of aliphatic hydroxyl groups is 1. The first kappa shape index (κ1) is 20.3. The second kappa shape index (κ2) is 8.12. The molecule has 3 rings (SSSR count). The number of quaternary nitrogens is 1. The molecule has 1 heterocycles. The quantitative estimate of drug-likeness (QED) is 0.631. The van der Waals surface area contributed by atoms with E-state index in [1.807, 2.05) is 30.3 Å². The van der Waals surface area contributed by atoms with Crippen LogP contribution in [0.1, 0.15) is 57.4 Å². The van der Waals surface area contributed by atoms with Crippen LogP contribution in [0.5, 0.6) is 0 Å². The van der Waals surface area contributed by atoms with Gasteiger partial charge in [-0.15, -0.1) is 0 Å².